The zero-order chi connectivity index (χ0) is 9.10. The van der Waals surface area contributed by atoms with E-state index in [0.717, 1.165) is 18.9 Å². The van der Waals surface area contributed by atoms with Gasteiger partial charge in [-0.25, -0.2) is 4.98 Å². The summed E-state index contributed by atoms with van der Waals surface area (Å²) in [6.07, 6.45) is 5.69. The van der Waals surface area contributed by atoms with Gasteiger partial charge in [0.25, 0.3) is 0 Å². The van der Waals surface area contributed by atoms with Gasteiger partial charge in [-0.15, -0.1) is 11.3 Å². The van der Waals surface area contributed by atoms with Gasteiger partial charge >= 0.3 is 0 Å². The predicted octanol–water partition coefficient (Wildman–Crippen LogP) is 1.27. The van der Waals surface area contributed by atoms with Crippen LogP contribution < -0.4 is 11.1 Å². The van der Waals surface area contributed by atoms with Crippen molar-refractivity contribution in [3.05, 3.63) is 11.1 Å². The molecule has 0 aromatic carbocycles. The van der Waals surface area contributed by atoms with Crippen LogP contribution in [-0.2, 0) is 6.42 Å². The smallest absolute Gasteiger partial charge is 0.180 e. The predicted molar refractivity (Wildman–Crippen MR) is 55.8 cm³/mol. The molecule has 0 saturated carbocycles. The number of nitrogens with one attached hydrogen (secondary N) is 1. The average Bonchev–Trinajstić information content (AvgIpc) is 2.53. The first-order chi connectivity index (χ1) is 6.34. The molecule has 2 rings (SSSR count). The molecule has 3 nitrogen and oxygen atoms in total. The molecule has 1 atom stereocenters. The molecule has 1 fully saturated rings. The van der Waals surface area contributed by atoms with Crippen molar-refractivity contribution in [3.8, 4) is 0 Å². The number of piperidine rings is 1. The molecule has 0 aliphatic carbocycles. The van der Waals surface area contributed by atoms with Crippen molar-refractivity contribution in [2.75, 3.05) is 18.8 Å². The van der Waals surface area contributed by atoms with Crippen molar-refractivity contribution in [3.63, 3.8) is 0 Å². The van der Waals surface area contributed by atoms with Crippen molar-refractivity contribution < 1.29 is 0 Å². The number of hydrogen-bond acceptors (Lipinski definition) is 4. The van der Waals surface area contributed by atoms with Gasteiger partial charge in [0, 0.05) is 11.1 Å². The highest BCUT2D eigenvalue weighted by Gasteiger charge is 2.14. The average molecular weight is 197 g/mol. The summed E-state index contributed by atoms with van der Waals surface area (Å²) in [5.74, 6) is 0.786. The molecule has 72 valence electrons. The molecule has 1 aromatic rings. The van der Waals surface area contributed by atoms with Gasteiger partial charge in [-0.05, 0) is 38.3 Å². The Morgan fingerprint density at radius 3 is 3.23 bits per heavy atom. The fourth-order valence-corrected chi connectivity index (χ4v) is 2.60. The maximum absolute atomic E-state index is 5.58. The third-order valence-corrected chi connectivity index (χ3v) is 3.31. The van der Waals surface area contributed by atoms with Gasteiger partial charge in [-0.1, -0.05) is 0 Å². The summed E-state index contributed by atoms with van der Waals surface area (Å²) < 4.78 is 0. The lowest BCUT2D eigenvalue weighted by Crippen LogP contribution is -2.30. The first-order valence-electron chi connectivity index (χ1n) is 4.75. The molecule has 4 heteroatoms. The minimum absolute atomic E-state index is 0.693. The fourth-order valence-electron chi connectivity index (χ4n) is 1.80. The van der Waals surface area contributed by atoms with E-state index < -0.39 is 0 Å². The van der Waals surface area contributed by atoms with Crippen molar-refractivity contribution in [1.82, 2.24) is 10.3 Å². The van der Waals surface area contributed by atoms with Crippen LogP contribution in [0.25, 0.3) is 0 Å². The molecule has 2 heterocycles. The summed E-state index contributed by atoms with van der Waals surface area (Å²) in [5, 5.41) is 4.11. The molecule has 1 aromatic heterocycles. The Labute approximate surface area is 82.4 Å². The lowest BCUT2D eigenvalue weighted by atomic mass is 9.96. The largest absolute Gasteiger partial charge is 0.375 e. The van der Waals surface area contributed by atoms with E-state index in [4.69, 9.17) is 5.73 Å². The number of nitrogen functional groups attached to an aromatic ring is 1. The van der Waals surface area contributed by atoms with E-state index >= 15 is 0 Å². The molecule has 0 spiro atoms. The highest BCUT2D eigenvalue weighted by atomic mass is 32.1. The number of rotatable bonds is 2. The molecule has 3 N–H and O–H groups in total. The molecule has 0 radical (unpaired) electrons. The Bertz CT molecular complexity index is 266. The Kier molecular flexibility index (Phi) is 2.80. The zero-order valence-electron chi connectivity index (χ0n) is 7.62. The van der Waals surface area contributed by atoms with Gasteiger partial charge in [0.2, 0.25) is 0 Å². The summed E-state index contributed by atoms with van der Waals surface area (Å²) in [7, 11) is 0. The van der Waals surface area contributed by atoms with Gasteiger partial charge in [0.1, 0.15) is 0 Å². The SMILES string of the molecule is Nc1ncc(CC2CCCNC2)s1. The van der Waals surface area contributed by atoms with Crippen LogP contribution in [0.1, 0.15) is 17.7 Å². The van der Waals surface area contributed by atoms with E-state index in [2.05, 4.69) is 10.3 Å². The third-order valence-electron chi connectivity index (χ3n) is 2.46. The Balaban J connectivity index is 1.89. The molecule has 13 heavy (non-hydrogen) atoms. The van der Waals surface area contributed by atoms with Crippen molar-refractivity contribution in [1.29, 1.82) is 0 Å². The van der Waals surface area contributed by atoms with E-state index in [-0.39, 0.29) is 0 Å². The number of aromatic nitrogens is 1. The minimum atomic E-state index is 0.693. The molecule has 1 aliphatic rings. The van der Waals surface area contributed by atoms with Gasteiger partial charge in [-0.2, -0.15) is 0 Å². The zero-order valence-corrected chi connectivity index (χ0v) is 8.44. The quantitative estimate of drug-likeness (QED) is 0.750. The summed E-state index contributed by atoms with van der Waals surface area (Å²) in [6, 6.07) is 0. The van der Waals surface area contributed by atoms with Crippen molar-refractivity contribution in [2.24, 2.45) is 5.92 Å². The first kappa shape index (κ1) is 8.97. The summed E-state index contributed by atoms with van der Waals surface area (Å²) in [4.78, 5) is 5.38. The Hall–Kier alpha value is -0.610. The van der Waals surface area contributed by atoms with Crippen LogP contribution in [0.15, 0.2) is 6.20 Å². The lowest BCUT2D eigenvalue weighted by Gasteiger charge is -2.21. The second kappa shape index (κ2) is 4.07. The second-order valence-corrected chi connectivity index (χ2v) is 4.73. The Morgan fingerprint density at radius 1 is 1.69 bits per heavy atom. The van der Waals surface area contributed by atoms with Crippen LogP contribution in [0, 0.1) is 5.92 Å². The van der Waals surface area contributed by atoms with Crippen LogP contribution in [0.4, 0.5) is 5.13 Å². The maximum atomic E-state index is 5.58. The lowest BCUT2D eigenvalue weighted by molar-refractivity contribution is 0.377. The first-order valence-corrected chi connectivity index (χ1v) is 5.57. The van der Waals surface area contributed by atoms with E-state index in [1.54, 1.807) is 11.3 Å². The number of hydrogen-bond donors (Lipinski definition) is 2. The fraction of sp³-hybridized carbons (Fsp3) is 0.667. The number of thiazole rings is 1. The van der Waals surface area contributed by atoms with Crippen LogP contribution >= 0.6 is 11.3 Å². The molecule has 1 saturated heterocycles. The minimum Gasteiger partial charge on any atom is -0.375 e. The van der Waals surface area contributed by atoms with E-state index in [0.29, 0.717) is 5.13 Å². The Morgan fingerprint density at radius 2 is 2.62 bits per heavy atom. The number of nitrogens with zero attached hydrogens (tertiary/aromatic N) is 1. The van der Waals surface area contributed by atoms with Gasteiger partial charge in [0.15, 0.2) is 5.13 Å². The molecule has 1 unspecified atom stereocenters. The van der Waals surface area contributed by atoms with Crippen LogP contribution in [-0.4, -0.2) is 18.1 Å². The van der Waals surface area contributed by atoms with Gasteiger partial charge in [-0.3, -0.25) is 0 Å². The molecule has 0 amide bonds. The normalized spacial score (nSPS) is 23.2. The topological polar surface area (TPSA) is 50.9 Å². The van der Waals surface area contributed by atoms with Crippen LogP contribution in [0.5, 0.6) is 0 Å². The summed E-state index contributed by atoms with van der Waals surface area (Å²) >= 11 is 1.62. The van der Waals surface area contributed by atoms with E-state index in [1.165, 1.54) is 24.3 Å². The summed E-state index contributed by atoms with van der Waals surface area (Å²) in [5.41, 5.74) is 5.58. The number of anilines is 1. The third kappa shape index (κ3) is 2.42. The van der Waals surface area contributed by atoms with Gasteiger partial charge < -0.3 is 11.1 Å². The monoisotopic (exact) mass is 197 g/mol. The van der Waals surface area contributed by atoms with Crippen LogP contribution in [0.2, 0.25) is 0 Å². The molecule has 0 bridgehead atoms. The summed E-state index contributed by atoms with van der Waals surface area (Å²) in [6.45, 7) is 2.33. The standard InChI is InChI=1S/C9H15N3S/c10-9-12-6-8(13-9)4-7-2-1-3-11-5-7/h6-7,11H,1-5H2,(H2,10,12). The van der Waals surface area contributed by atoms with Crippen LogP contribution in [0.3, 0.4) is 0 Å². The van der Waals surface area contributed by atoms with Crippen molar-refractivity contribution in [2.45, 2.75) is 19.3 Å². The van der Waals surface area contributed by atoms with Gasteiger partial charge in [0.05, 0.1) is 0 Å². The highest BCUT2D eigenvalue weighted by molar-refractivity contribution is 7.15. The number of nitrogens with two attached hydrogens (primary N) is 1. The highest BCUT2D eigenvalue weighted by Crippen LogP contribution is 2.21. The van der Waals surface area contributed by atoms with E-state index in [1.807, 2.05) is 6.20 Å². The molecule has 1 aliphatic heterocycles. The molecular formula is C9H15N3S. The van der Waals surface area contributed by atoms with E-state index in [9.17, 15) is 0 Å². The maximum Gasteiger partial charge on any atom is 0.180 e. The second-order valence-electron chi connectivity index (χ2n) is 3.58. The van der Waals surface area contributed by atoms with Crippen molar-refractivity contribution >= 4 is 16.5 Å². The molecular weight excluding hydrogens is 182 g/mol.